The Morgan fingerprint density at radius 1 is 0.415 bits per heavy atom. The van der Waals surface area contributed by atoms with E-state index in [9.17, 15) is 0 Å². The van der Waals surface area contributed by atoms with E-state index in [0.717, 1.165) is 44.0 Å². The van der Waals surface area contributed by atoms with Crippen LogP contribution < -0.4 is 0 Å². The lowest BCUT2D eigenvalue weighted by atomic mass is 9.79. The Morgan fingerprint density at radius 2 is 1.02 bits per heavy atom. The second-order valence-electron chi connectivity index (χ2n) is 10.7. The first-order chi connectivity index (χ1) is 20.3. The molecule has 1 aliphatic carbocycles. The summed E-state index contributed by atoms with van der Waals surface area (Å²) in [5.41, 5.74) is 14.9. The number of para-hydroxylation sites is 2. The molecule has 0 spiro atoms. The van der Waals surface area contributed by atoms with Gasteiger partial charge in [-0.3, -0.25) is 4.98 Å². The fourth-order valence-corrected chi connectivity index (χ4v) is 6.70. The molecule has 0 atom stereocenters. The second kappa shape index (κ2) is 8.51. The van der Waals surface area contributed by atoms with E-state index in [4.69, 9.17) is 9.40 Å². The Bertz CT molecular complexity index is 2320. The molecular weight excluding hydrogens is 498 g/mol. The number of rotatable bonds is 1. The van der Waals surface area contributed by atoms with Gasteiger partial charge in [-0.25, -0.2) is 0 Å². The molecule has 0 unspecified atom stereocenters. The van der Waals surface area contributed by atoms with Gasteiger partial charge < -0.3 is 4.42 Å². The van der Waals surface area contributed by atoms with Crippen LogP contribution >= 0.6 is 0 Å². The lowest BCUT2D eigenvalue weighted by molar-refractivity contribution is 0.670. The van der Waals surface area contributed by atoms with E-state index in [0.29, 0.717) is 0 Å². The second-order valence-corrected chi connectivity index (χ2v) is 10.7. The molecule has 2 heteroatoms. The minimum Gasteiger partial charge on any atom is -0.455 e. The summed E-state index contributed by atoms with van der Waals surface area (Å²) >= 11 is 0. The minimum atomic E-state index is 0.911. The van der Waals surface area contributed by atoms with E-state index in [1.54, 1.807) is 0 Å². The van der Waals surface area contributed by atoms with Crippen LogP contribution in [0.25, 0.3) is 88.5 Å². The molecule has 41 heavy (non-hydrogen) atoms. The molecule has 1 aliphatic rings. The summed E-state index contributed by atoms with van der Waals surface area (Å²) in [7, 11) is 0. The van der Waals surface area contributed by atoms with Gasteiger partial charge >= 0.3 is 0 Å². The van der Waals surface area contributed by atoms with Gasteiger partial charge in [-0.05, 0) is 74.3 Å². The van der Waals surface area contributed by atoms with Gasteiger partial charge in [-0.15, -0.1) is 0 Å². The van der Waals surface area contributed by atoms with Crippen molar-refractivity contribution in [3.63, 3.8) is 0 Å². The van der Waals surface area contributed by atoms with Crippen LogP contribution in [0, 0.1) is 0 Å². The van der Waals surface area contributed by atoms with Crippen LogP contribution in [-0.2, 0) is 0 Å². The zero-order valence-corrected chi connectivity index (χ0v) is 22.1. The lowest BCUT2D eigenvalue weighted by Gasteiger charge is -2.24. The molecule has 2 aromatic heterocycles. The molecule has 8 aromatic rings. The highest BCUT2D eigenvalue weighted by Crippen LogP contribution is 2.50. The fourth-order valence-electron chi connectivity index (χ4n) is 6.70. The van der Waals surface area contributed by atoms with Crippen molar-refractivity contribution < 1.29 is 4.42 Å². The molecule has 0 amide bonds. The van der Waals surface area contributed by atoms with Crippen LogP contribution in [0.3, 0.4) is 0 Å². The Labute approximate surface area is 237 Å². The summed E-state index contributed by atoms with van der Waals surface area (Å²) in [4.78, 5) is 4.75. The van der Waals surface area contributed by atoms with Crippen molar-refractivity contribution >= 4 is 32.8 Å². The van der Waals surface area contributed by atoms with E-state index in [1.165, 1.54) is 44.5 Å². The number of fused-ring (bicyclic) bond motifs is 13. The smallest absolute Gasteiger partial charge is 0.143 e. The number of hydrogen-bond acceptors (Lipinski definition) is 2. The number of benzene rings is 6. The zero-order valence-electron chi connectivity index (χ0n) is 22.1. The molecule has 0 radical (unpaired) electrons. The quantitative estimate of drug-likeness (QED) is 0.215. The first-order valence-corrected chi connectivity index (χ1v) is 14.0. The van der Waals surface area contributed by atoms with Crippen molar-refractivity contribution in [1.29, 1.82) is 0 Å². The van der Waals surface area contributed by atoms with Crippen molar-refractivity contribution in [2.24, 2.45) is 0 Å². The monoisotopic (exact) mass is 521 g/mol. The van der Waals surface area contributed by atoms with Crippen LogP contribution in [0.2, 0.25) is 0 Å². The number of aromatic nitrogens is 1. The maximum absolute atomic E-state index is 6.46. The Hall–Kier alpha value is -5.47. The maximum atomic E-state index is 6.46. The zero-order chi connectivity index (χ0) is 26.9. The molecule has 2 nitrogen and oxygen atoms in total. The summed E-state index contributed by atoms with van der Waals surface area (Å²) < 4.78 is 6.46. The Morgan fingerprint density at radius 3 is 1.83 bits per heavy atom. The molecule has 0 saturated carbocycles. The molecule has 6 aromatic carbocycles. The third kappa shape index (κ3) is 3.22. The van der Waals surface area contributed by atoms with Crippen molar-refractivity contribution in [2.75, 3.05) is 0 Å². The third-order valence-electron chi connectivity index (χ3n) is 8.51. The average Bonchev–Trinajstić information content (AvgIpc) is 3.42. The number of nitrogens with zero attached hydrogens (tertiary/aromatic N) is 1. The van der Waals surface area contributed by atoms with Crippen molar-refractivity contribution in [3.8, 4) is 55.6 Å². The predicted octanol–water partition coefficient (Wildman–Crippen LogP) is 10.8. The van der Waals surface area contributed by atoms with Crippen LogP contribution in [0.1, 0.15) is 0 Å². The molecule has 9 rings (SSSR count). The van der Waals surface area contributed by atoms with E-state index in [2.05, 4.69) is 115 Å². The largest absolute Gasteiger partial charge is 0.455 e. The summed E-state index contributed by atoms with van der Waals surface area (Å²) in [5.74, 6) is 0. The summed E-state index contributed by atoms with van der Waals surface area (Å²) in [5, 5.41) is 3.43. The van der Waals surface area contributed by atoms with Crippen LogP contribution in [0.4, 0.5) is 0 Å². The van der Waals surface area contributed by atoms with Crippen LogP contribution in [-0.4, -0.2) is 4.98 Å². The van der Waals surface area contributed by atoms with Crippen LogP contribution in [0.5, 0.6) is 0 Å². The minimum absolute atomic E-state index is 0.911. The lowest BCUT2D eigenvalue weighted by Crippen LogP contribution is -1.98. The van der Waals surface area contributed by atoms with E-state index in [1.807, 2.05) is 24.4 Å². The Balaban J connectivity index is 1.42. The van der Waals surface area contributed by atoms with E-state index < -0.39 is 0 Å². The number of furan rings is 1. The number of hydrogen-bond donors (Lipinski definition) is 0. The normalized spacial score (nSPS) is 11.9. The van der Waals surface area contributed by atoms with E-state index >= 15 is 0 Å². The van der Waals surface area contributed by atoms with Gasteiger partial charge in [0.05, 0.1) is 5.52 Å². The molecular formula is C39H23NO. The third-order valence-corrected chi connectivity index (χ3v) is 8.51. The van der Waals surface area contributed by atoms with E-state index in [-0.39, 0.29) is 0 Å². The first kappa shape index (κ1) is 22.4. The first-order valence-electron chi connectivity index (χ1n) is 14.0. The average molecular weight is 522 g/mol. The van der Waals surface area contributed by atoms with Crippen LogP contribution in [0.15, 0.2) is 144 Å². The topological polar surface area (TPSA) is 26.0 Å². The highest BCUT2D eigenvalue weighted by atomic mass is 16.3. The highest BCUT2D eigenvalue weighted by molar-refractivity contribution is 6.13. The van der Waals surface area contributed by atoms with Gasteiger partial charge in [0.1, 0.15) is 11.2 Å². The van der Waals surface area contributed by atoms with Gasteiger partial charge in [-0.2, -0.15) is 0 Å². The van der Waals surface area contributed by atoms with Crippen molar-refractivity contribution in [2.45, 2.75) is 0 Å². The van der Waals surface area contributed by atoms with Gasteiger partial charge in [-0.1, -0.05) is 109 Å². The van der Waals surface area contributed by atoms with Gasteiger partial charge in [0.25, 0.3) is 0 Å². The standard InChI is InChI=1S/C39H23NO/c1-2-11-28-26(9-1)27-10-3-4-12-29(27)32-20-21-36-34(16-8-22-40-36)38(32)35-23-24(18-19-30(28)35)25-14-7-15-33-31-13-5-6-17-37(31)41-39(25)33/h1-23H. The number of pyridine rings is 1. The van der Waals surface area contributed by atoms with Gasteiger partial charge in [0.2, 0.25) is 0 Å². The van der Waals surface area contributed by atoms with Gasteiger partial charge in [0, 0.05) is 27.9 Å². The maximum Gasteiger partial charge on any atom is 0.143 e. The Kier molecular flexibility index (Phi) is 4.64. The molecule has 190 valence electrons. The van der Waals surface area contributed by atoms with Crippen molar-refractivity contribution in [3.05, 3.63) is 140 Å². The molecule has 0 N–H and O–H groups in total. The highest BCUT2D eigenvalue weighted by Gasteiger charge is 2.24. The summed E-state index contributed by atoms with van der Waals surface area (Å²) in [6.07, 6.45) is 1.88. The molecule has 0 fully saturated rings. The fraction of sp³-hybridized carbons (Fsp3) is 0. The molecule has 0 bridgehead atoms. The summed E-state index contributed by atoms with van der Waals surface area (Å²) in [6, 6.07) is 47.8. The summed E-state index contributed by atoms with van der Waals surface area (Å²) in [6.45, 7) is 0. The van der Waals surface area contributed by atoms with Crippen molar-refractivity contribution in [1.82, 2.24) is 4.98 Å². The SMILES string of the molecule is c1ccc2c(c1)-c1ccccc1-c1ccc3ncccc3c1-c1cc(-c3cccc4c3oc3ccccc34)ccc1-2. The molecule has 2 heterocycles. The molecule has 0 saturated heterocycles. The predicted molar refractivity (Wildman–Crippen MR) is 170 cm³/mol. The molecule has 0 aliphatic heterocycles. The van der Waals surface area contributed by atoms with Gasteiger partial charge in [0.15, 0.2) is 0 Å².